The molecule has 1 N–H and O–H groups in total. The highest BCUT2D eigenvalue weighted by Gasteiger charge is 2.61. The van der Waals surface area contributed by atoms with E-state index < -0.39 is 0 Å². The van der Waals surface area contributed by atoms with Gasteiger partial charge in [-0.2, -0.15) is 0 Å². The van der Waals surface area contributed by atoms with E-state index in [1.54, 1.807) is 0 Å². The molecule has 0 aromatic carbocycles. The van der Waals surface area contributed by atoms with Crippen molar-refractivity contribution >= 4 is 0 Å². The lowest BCUT2D eigenvalue weighted by Gasteiger charge is -2.39. The normalized spacial score (nSPS) is 40.2. The Hall–Kier alpha value is -0.120. The Balaban J connectivity index is 1.45. The highest BCUT2D eigenvalue weighted by molar-refractivity contribution is 5.11. The van der Waals surface area contributed by atoms with Crippen LogP contribution in [-0.4, -0.2) is 48.5 Å². The third-order valence-electron chi connectivity index (χ3n) is 7.55. The molecular formula is C19H35NO2. The number of aliphatic hydroxyl groups is 1. The van der Waals surface area contributed by atoms with Gasteiger partial charge in [0.25, 0.3) is 0 Å². The number of hydrogen-bond acceptors (Lipinski definition) is 3. The first-order valence-electron chi connectivity index (χ1n) is 9.35. The smallest absolute Gasteiger partial charge is 0.0900 e. The predicted octanol–water partition coefficient (Wildman–Crippen LogP) is 3.31. The van der Waals surface area contributed by atoms with Gasteiger partial charge in [-0.15, -0.1) is 0 Å². The molecule has 3 rings (SSSR count). The second-order valence-corrected chi connectivity index (χ2v) is 9.07. The fourth-order valence-electron chi connectivity index (χ4n) is 5.20. The molecule has 3 fully saturated rings. The topological polar surface area (TPSA) is 32.7 Å². The zero-order valence-electron chi connectivity index (χ0n) is 15.0. The lowest BCUT2D eigenvalue weighted by molar-refractivity contribution is -0.0802. The predicted molar refractivity (Wildman–Crippen MR) is 89.8 cm³/mol. The van der Waals surface area contributed by atoms with Gasteiger partial charge >= 0.3 is 0 Å². The Morgan fingerprint density at radius 2 is 1.86 bits per heavy atom. The zero-order valence-corrected chi connectivity index (χ0v) is 15.0. The van der Waals surface area contributed by atoms with Crippen molar-refractivity contribution < 1.29 is 9.84 Å². The van der Waals surface area contributed by atoms with Crippen molar-refractivity contribution in [3.8, 4) is 0 Å². The molecule has 4 atom stereocenters. The number of aliphatic hydroxyl groups excluding tert-OH is 1. The van der Waals surface area contributed by atoms with Gasteiger partial charge in [-0.05, 0) is 67.9 Å². The van der Waals surface area contributed by atoms with Crippen LogP contribution in [0.3, 0.4) is 0 Å². The molecule has 22 heavy (non-hydrogen) atoms. The first-order chi connectivity index (χ1) is 10.3. The minimum Gasteiger partial charge on any atom is -0.389 e. The van der Waals surface area contributed by atoms with E-state index in [4.69, 9.17) is 4.74 Å². The number of β-amino-alcohol motifs (C(OH)–C–C–N with tert-alkyl or cyclic N) is 1. The van der Waals surface area contributed by atoms with Gasteiger partial charge in [0.1, 0.15) is 0 Å². The van der Waals surface area contributed by atoms with Gasteiger partial charge in [0.15, 0.2) is 0 Å². The molecule has 0 amide bonds. The van der Waals surface area contributed by atoms with Crippen LogP contribution >= 0.6 is 0 Å². The van der Waals surface area contributed by atoms with E-state index in [0.717, 1.165) is 31.5 Å². The first-order valence-corrected chi connectivity index (χ1v) is 9.35. The summed E-state index contributed by atoms with van der Waals surface area (Å²) in [6, 6.07) is 0. The maximum atomic E-state index is 10.3. The molecular weight excluding hydrogens is 274 g/mol. The molecule has 2 aliphatic carbocycles. The quantitative estimate of drug-likeness (QED) is 0.846. The monoisotopic (exact) mass is 309 g/mol. The van der Waals surface area contributed by atoms with Crippen LogP contribution in [0.5, 0.6) is 0 Å². The standard InChI is InChI=1S/C19H35NO2/c1-14-6-9-20(10-7-14)12-16(21)13-22-17-11-15-5-8-19(17,4)18(15,2)3/h14-17,21H,5-13H2,1-4H3. The van der Waals surface area contributed by atoms with Crippen molar-refractivity contribution in [1.29, 1.82) is 0 Å². The van der Waals surface area contributed by atoms with Gasteiger partial charge in [0, 0.05) is 6.54 Å². The van der Waals surface area contributed by atoms with E-state index in [-0.39, 0.29) is 6.10 Å². The van der Waals surface area contributed by atoms with Crippen molar-refractivity contribution in [2.24, 2.45) is 22.7 Å². The Labute approximate surface area is 136 Å². The summed E-state index contributed by atoms with van der Waals surface area (Å²) in [5, 5.41) is 10.3. The molecule has 3 heteroatoms. The Bertz CT molecular complexity index is 389. The van der Waals surface area contributed by atoms with E-state index >= 15 is 0 Å². The van der Waals surface area contributed by atoms with E-state index in [9.17, 15) is 5.11 Å². The molecule has 1 heterocycles. The van der Waals surface area contributed by atoms with E-state index in [1.807, 2.05) is 0 Å². The molecule has 0 aromatic heterocycles. The minimum atomic E-state index is -0.334. The van der Waals surface area contributed by atoms with Crippen molar-refractivity contribution in [3.63, 3.8) is 0 Å². The molecule has 3 nitrogen and oxygen atoms in total. The fraction of sp³-hybridized carbons (Fsp3) is 1.00. The molecule has 2 bridgehead atoms. The van der Waals surface area contributed by atoms with E-state index in [2.05, 4.69) is 32.6 Å². The summed E-state index contributed by atoms with van der Waals surface area (Å²) in [7, 11) is 0. The molecule has 3 aliphatic rings. The largest absolute Gasteiger partial charge is 0.389 e. The molecule has 0 spiro atoms. The van der Waals surface area contributed by atoms with Crippen LogP contribution in [0.15, 0.2) is 0 Å². The van der Waals surface area contributed by atoms with Gasteiger partial charge in [-0.3, -0.25) is 0 Å². The molecule has 1 saturated heterocycles. The van der Waals surface area contributed by atoms with Gasteiger partial charge in [-0.1, -0.05) is 27.7 Å². The summed E-state index contributed by atoms with van der Waals surface area (Å²) in [5.74, 6) is 1.66. The van der Waals surface area contributed by atoms with Crippen LogP contribution in [0.2, 0.25) is 0 Å². The maximum Gasteiger partial charge on any atom is 0.0900 e. The molecule has 128 valence electrons. The third-order valence-corrected chi connectivity index (χ3v) is 7.55. The maximum absolute atomic E-state index is 10.3. The van der Waals surface area contributed by atoms with Gasteiger partial charge in [-0.25, -0.2) is 0 Å². The number of likely N-dealkylation sites (tertiary alicyclic amines) is 1. The minimum absolute atomic E-state index is 0.304. The van der Waals surface area contributed by atoms with Gasteiger partial charge in [0.05, 0.1) is 18.8 Å². The zero-order chi connectivity index (χ0) is 16.0. The summed E-state index contributed by atoms with van der Waals surface area (Å²) in [4.78, 5) is 2.40. The molecule has 2 saturated carbocycles. The summed E-state index contributed by atoms with van der Waals surface area (Å²) in [6.07, 6.45) is 6.38. The van der Waals surface area contributed by atoms with Crippen molar-refractivity contribution in [3.05, 3.63) is 0 Å². The van der Waals surface area contributed by atoms with Crippen LogP contribution in [0.4, 0.5) is 0 Å². The van der Waals surface area contributed by atoms with Gasteiger partial charge < -0.3 is 14.7 Å². The van der Waals surface area contributed by atoms with E-state index in [1.165, 1.54) is 32.1 Å². The molecule has 4 unspecified atom stereocenters. The lowest BCUT2D eigenvalue weighted by atomic mass is 9.70. The van der Waals surface area contributed by atoms with Gasteiger partial charge in [0.2, 0.25) is 0 Å². The number of rotatable bonds is 5. The lowest BCUT2D eigenvalue weighted by Crippen LogP contribution is -2.42. The SMILES string of the molecule is CC1CCN(CC(O)COC2CC3CCC2(C)C3(C)C)CC1. The number of ether oxygens (including phenoxy) is 1. The highest BCUT2D eigenvalue weighted by Crippen LogP contribution is 2.66. The second kappa shape index (κ2) is 6.07. The summed E-state index contributed by atoms with van der Waals surface area (Å²) in [6.45, 7) is 13.1. The highest BCUT2D eigenvalue weighted by atomic mass is 16.5. The summed E-state index contributed by atoms with van der Waals surface area (Å²) >= 11 is 0. The van der Waals surface area contributed by atoms with E-state index in [0.29, 0.717) is 23.5 Å². The number of nitrogens with zero attached hydrogens (tertiary/aromatic N) is 1. The number of hydrogen-bond donors (Lipinski definition) is 1. The second-order valence-electron chi connectivity index (χ2n) is 9.07. The Morgan fingerprint density at radius 3 is 2.41 bits per heavy atom. The van der Waals surface area contributed by atoms with Crippen molar-refractivity contribution in [1.82, 2.24) is 4.90 Å². The van der Waals surface area contributed by atoms with Crippen molar-refractivity contribution in [2.75, 3.05) is 26.2 Å². The fourth-order valence-corrected chi connectivity index (χ4v) is 5.20. The summed E-state index contributed by atoms with van der Waals surface area (Å²) < 4.78 is 6.22. The van der Waals surface area contributed by atoms with Crippen molar-refractivity contribution in [2.45, 2.75) is 72.0 Å². The average Bonchev–Trinajstić information content (AvgIpc) is 2.80. The van der Waals surface area contributed by atoms with Crippen LogP contribution in [0.25, 0.3) is 0 Å². The average molecular weight is 309 g/mol. The van der Waals surface area contributed by atoms with Crippen LogP contribution in [0, 0.1) is 22.7 Å². The Kier molecular flexibility index (Phi) is 4.61. The van der Waals surface area contributed by atoms with Crippen LogP contribution < -0.4 is 0 Å². The molecule has 1 aliphatic heterocycles. The first kappa shape index (κ1) is 16.7. The summed E-state index contributed by atoms with van der Waals surface area (Å²) in [5.41, 5.74) is 0.698. The molecule has 0 radical (unpaired) electrons. The Morgan fingerprint density at radius 1 is 1.18 bits per heavy atom. The van der Waals surface area contributed by atoms with Crippen LogP contribution in [-0.2, 0) is 4.74 Å². The van der Waals surface area contributed by atoms with Crippen LogP contribution in [0.1, 0.15) is 59.8 Å². The third kappa shape index (κ3) is 2.85. The molecule has 0 aromatic rings. The number of piperidine rings is 1. The number of fused-ring (bicyclic) bond motifs is 2.